The molecule has 0 N–H and O–H groups in total. The number of hydrogen-bond donors (Lipinski definition) is 0. The first-order valence-electron chi connectivity index (χ1n) is 5.02. The van der Waals surface area contributed by atoms with Gasteiger partial charge in [-0.3, -0.25) is 0 Å². The summed E-state index contributed by atoms with van der Waals surface area (Å²) in [5.74, 6) is 0. The smallest absolute Gasteiger partial charge is 0.0998 e. The normalized spacial score (nSPS) is 8.13. The number of rotatable bonds is 2. The van der Waals surface area contributed by atoms with Crippen molar-refractivity contribution in [2.75, 3.05) is 0 Å². The summed E-state index contributed by atoms with van der Waals surface area (Å²) in [7, 11) is 0. The maximum atomic E-state index is 8.86. The van der Waals surface area contributed by atoms with Gasteiger partial charge in [0.25, 0.3) is 0 Å². The van der Waals surface area contributed by atoms with Gasteiger partial charge in [0.15, 0.2) is 0 Å². The Morgan fingerprint density at radius 3 is 2.40 bits per heavy atom. The second-order valence-electron chi connectivity index (χ2n) is 2.87. The molecule has 0 aliphatic rings. The highest BCUT2D eigenvalue weighted by atomic mass is 14.2. The lowest BCUT2D eigenvalue weighted by Gasteiger charge is -2.06. The van der Waals surface area contributed by atoms with Crippen LogP contribution in [0.3, 0.4) is 0 Å². The lowest BCUT2D eigenvalue weighted by Crippen LogP contribution is -1.89. The molecule has 0 spiro atoms. The van der Waals surface area contributed by atoms with Crippen LogP contribution in [0, 0.1) is 11.3 Å². The van der Waals surface area contributed by atoms with E-state index < -0.39 is 0 Å². The fourth-order valence-electron chi connectivity index (χ4n) is 1.31. The van der Waals surface area contributed by atoms with E-state index in [1.54, 1.807) is 12.1 Å². The minimum absolute atomic E-state index is 0.657. The fraction of sp³-hybridized carbons (Fsp3) is 0.214. The molecule has 0 aliphatic carbocycles. The minimum atomic E-state index is 0.657. The van der Waals surface area contributed by atoms with Gasteiger partial charge in [0.05, 0.1) is 11.6 Å². The highest BCUT2D eigenvalue weighted by molar-refractivity contribution is 5.75. The van der Waals surface area contributed by atoms with Crippen molar-refractivity contribution in [1.29, 1.82) is 5.26 Å². The van der Waals surface area contributed by atoms with Crippen molar-refractivity contribution in [2.45, 2.75) is 20.8 Å². The predicted octanol–water partition coefficient (Wildman–Crippen LogP) is 4.26. The molecule has 0 saturated heterocycles. The Labute approximate surface area is 92.4 Å². The summed E-state index contributed by atoms with van der Waals surface area (Å²) in [4.78, 5) is 0. The quantitative estimate of drug-likeness (QED) is 0.698. The van der Waals surface area contributed by atoms with Gasteiger partial charge in [0.1, 0.15) is 0 Å². The van der Waals surface area contributed by atoms with Gasteiger partial charge in [-0.1, -0.05) is 45.2 Å². The van der Waals surface area contributed by atoms with Crippen LogP contribution in [0.4, 0.5) is 0 Å². The molecule has 78 valence electrons. The summed E-state index contributed by atoms with van der Waals surface area (Å²) in [6.45, 7) is 13.4. The van der Waals surface area contributed by atoms with Crippen LogP contribution in [0.2, 0.25) is 0 Å². The van der Waals surface area contributed by atoms with Gasteiger partial charge in [-0.15, -0.1) is 0 Å². The first-order valence-corrected chi connectivity index (χ1v) is 5.02. The Hall–Kier alpha value is -1.81. The van der Waals surface area contributed by atoms with Crippen LogP contribution in [-0.2, 0) is 0 Å². The summed E-state index contributed by atoms with van der Waals surface area (Å²) in [5.41, 5.74) is 3.42. The molecule has 1 nitrogen and oxygen atoms in total. The van der Waals surface area contributed by atoms with Gasteiger partial charge in [0, 0.05) is 5.56 Å². The summed E-state index contributed by atoms with van der Waals surface area (Å²) in [5, 5.41) is 8.86. The first kappa shape index (κ1) is 13.2. The van der Waals surface area contributed by atoms with Gasteiger partial charge in [0.2, 0.25) is 0 Å². The van der Waals surface area contributed by atoms with E-state index in [0.717, 1.165) is 16.7 Å². The van der Waals surface area contributed by atoms with E-state index in [0.29, 0.717) is 5.56 Å². The first-order chi connectivity index (χ1) is 7.20. The van der Waals surface area contributed by atoms with E-state index in [1.807, 2.05) is 32.9 Å². The molecule has 0 radical (unpaired) electrons. The standard InChI is InChI=1S/C12H11N.C2H6/c1-4-10-6-5-7-11(8-13)12(10)9(2)3;1-2/h4-7H,1-2H2,3H3;1-2H3. The molecule has 0 aliphatic heterocycles. The predicted molar refractivity (Wildman–Crippen MR) is 67.3 cm³/mol. The van der Waals surface area contributed by atoms with Gasteiger partial charge < -0.3 is 0 Å². The van der Waals surface area contributed by atoms with Gasteiger partial charge in [-0.25, -0.2) is 0 Å². The molecular formula is C14H17N. The summed E-state index contributed by atoms with van der Waals surface area (Å²) < 4.78 is 0. The van der Waals surface area contributed by atoms with Crippen LogP contribution >= 0.6 is 0 Å². The average Bonchev–Trinajstić information content (AvgIpc) is 2.30. The molecule has 0 bridgehead atoms. The fourth-order valence-corrected chi connectivity index (χ4v) is 1.31. The zero-order valence-corrected chi connectivity index (χ0v) is 9.67. The maximum absolute atomic E-state index is 8.86. The van der Waals surface area contributed by atoms with Crippen molar-refractivity contribution >= 4 is 11.6 Å². The van der Waals surface area contributed by atoms with Crippen LogP contribution in [0.5, 0.6) is 0 Å². The van der Waals surface area contributed by atoms with E-state index >= 15 is 0 Å². The SMILES string of the molecule is C=Cc1cccc(C#N)c1C(=C)C.CC. The summed E-state index contributed by atoms with van der Waals surface area (Å²) in [6.07, 6.45) is 1.74. The molecule has 1 aromatic carbocycles. The molecular weight excluding hydrogens is 182 g/mol. The molecule has 0 saturated carbocycles. The van der Waals surface area contributed by atoms with Gasteiger partial charge in [-0.2, -0.15) is 5.26 Å². The zero-order valence-electron chi connectivity index (χ0n) is 9.67. The van der Waals surface area contributed by atoms with E-state index in [1.165, 1.54) is 0 Å². The Morgan fingerprint density at radius 2 is 2.00 bits per heavy atom. The van der Waals surface area contributed by atoms with Crippen LogP contribution < -0.4 is 0 Å². The Kier molecular flexibility index (Phi) is 5.82. The third-order valence-electron chi connectivity index (χ3n) is 1.86. The topological polar surface area (TPSA) is 23.8 Å². The minimum Gasteiger partial charge on any atom is -0.192 e. The number of allylic oxidation sites excluding steroid dienone is 1. The van der Waals surface area contributed by atoms with Crippen molar-refractivity contribution in [2.24, 2.45) is 0 Å². The average molecular weight is 199 g/mol. The van der Waals surface area contributed by atoms with E-state index in [2.05, 4.69) is 19.2 Å². The second-order valence-corrected chi connectivity index (χ2v) is 2.87. The Balaban J connectivity index is 0.000000921. The molecule has 0 atom stereocenters. The van der Waals surface area contributed by atoms with Crippen LogP contribution in [0.15, 0.2) is 31.4 Å². The van der Waals surface area contributed by atoms with Crippen LogP contribution in [0.25, 0.3) is 11.6 Å². The lowest BCUT2D eigenvalue weighted by molar-refractivity contribution is 1.44. The molecule has 1 aromatic rings. The third-order valence-corrected chi connectivity index (χ3v) is 1.86. The Morgan fingerprint density at radius 1 is 1.40 bits per heavy atom. The van der Waals surface area contributed by atoms with E-state index in [-0.39, 0.29) is 0 Å². The number of benzene rings is 1. The van der Waals surface area contributed by atoms with Crippen molar-refractivity contribution < 1.29 is 0 Å². The molecule has 0 unspecified atom stereocenters. The molecule has 0 fully saturated rings. The second kappa shape index (κ2) is 6.62. The molecule has 0 aromatic heterocycles. The number of nitrogens with zero attached hydrogens (tertiary/aromatic N) is 1. The van der Waals surface area contributed by atoms with Crippen molar-refractivity contribution in [3.8, 4) is 6.07 Å². The van der Waals surface area contributed by atoms with Crippen molar-refractivity contribution in [3.05, 3.63) is 48.0 Å². The van der Waals surface area contributed by atoms with Gasteiger partial charge in [-0.05, 0) is 24.1 Å². The third kappa shape index (κ3) is 3.11. The molecule has 1 heteroatoms. The van der Waals surface area contributed by atoms with Gasteiger partial charge >= 0.3 is 0 Å². The highest BCUT2D eigenvalue weighted by Crippen LogP contribution is 2.22. The van der Waals surface area contributed by atoms with E-state index in [9.17, 15) is 0 Å². The molecule has 1 rings (SSSR count). The highest BCUT2D eigenvalue weighted by Gasteiger charge is 2.05. The lowest BCUT2D eigenvalue weighted by atomic mass is 9.97. The summed E-state index contributed by atoms with van der Waals surface area (Å²) >= 11 is 0. The van der Waals surface area contributed by atoms with E-state index in [4.69, 9.17) is 5.26 Å². The number of nitriles is 1. The van der Waals surface area contributed by atoms with Crippen LogP contribution in [0.1, 0.15) is 37.5 Å². The Bertz CT molecular complexity index is 394. The van der Waals surface area contributed by atoms with Crippen molar-refractivity contribution in [1.82, 2.24) is 0 Å². The number of hydrogen-bond acceptors (Lipinski definition) is 1. The molecule has 15 heavy (non-hydrogen) atoms. The largest absolute Gasteiger partial charge is 0.192 e. The van der Waals surface area contributed by atoms with Crippen molar-refractivity contribution in [3.63, 3.8) is 0 Å². The van der Waals surface area contributed by atoms with Crippen LogP contribution in [-0.4, -0.2) is 0 Å². The zero-order chi connectivity index (χ0) is 11.8. The maximum Gasteiger partial charge on any atom is 0.0998 e. The summed E-state index contributed by atoms with van der Waals surface area (Å²) in [6, 6.07) is 7.71. The monoisotopic (exact) mass is 199 g/mol. The molecule has 0 heterocycles. The molecule has 0 amide bonds.